The minimum atomic E-state index is -0.602. The van der Waals surface area contributed by atoms with Gasteiger partial charge in [0.05, 0.1) is 0 Å². The molecule has 0 aromatic heterocycles. The first kappa shape index (κ1) is 36.1. The Kier molecular flexibility index (Phi) is 9.25. The molecule has 8 aliphatic rings. The zero-order valence-corrected chi connectivity index (χ0v) is 35.6. The maximum absolute atomic E-state index is 2.78. The van der Waals surface area contributed by atoms with Crippen LogP contribution in [0.5, 0.6) is 0 Å². The fourth-order valence-corrected chi connectivity index (χ4v) is 22.7. The summed E-state index contributed by atoms with van der Waals surface area (Å²) in [5, 5.41) is 4.32. The molecule has 8 aliphatic carbocycles. The van der Waals surface area contributed by atoms with E-state index in [-0.39, 0.29) is 7.92 Å². The average molecular weight is 771 g/mol. The van der Waals surface area contributed by atoms with Crippen molar-refractivity contribution in [3.05, 3.63) is 144 Å². The largest absolute Gasteiger partial charge is 0.0894 e. The Morgan fingerprint density at radius 1 is 0.429 bits per heavy atom. The molecule has 0 spiro atoms. The Morgan fingerprint density at radius 3 is 1.14 bits per heavy atom. The van der Waals surface area contributed by atoms with Gasteiger partial charge in [-0.05, 0) is 218 Å². The molecule has 8 saturated carbocycles. The molecule has 0 nitrogen and oxygen atoms in total. The second kappa shape index (κ2) is 14.4. The number of benzene rings is 5. The van der Waals surface area contributed by atoms with E-state index < -0.39 is 7.92 Å². The molecular formula is C54H60P2. The van der Waals surface area contributed by atoms with Crippen LogP contribution in [0.4, 0.5) is 0 Å². The molecule has 5 aromatic carbocycles. The van der Waals surface area contributed by atoms with Crippen LogP contribution in [0.25, 0.3) is 22.3 Å². The van der Waals surface area contributed by atoms with Crippen LogP contribution in [0, 0.1) is 49.4 Å². The van der Waals surface area contributed by atoms with Crippen molar-refractivity contribution >= 4 is 26.5 Å². The Bertz CT molecular complexity index is 2060. The van der Waals surface area contributed by atoms with Crippen LogP contribution in [0.2, 0.25) is 0 Å². The second-order valence-electron chi connectivity index (χ2n) is 19.9. The fourth-order valence-electron chi connectivity index (χ4n) is 14.7. The predicted molar refractivity (Wildman–Crippen MR) is 242 cm³/mol. The van der Waals surface area contributed by atoms with Gasteiger partial charge in [-0.15, -0.1) is 0 Å². The maximum atomic E-state index is 2.78. The highest BCUT2D eigenvalue weighted by atomic mass is 31.1. The average Bonchev–Trinajstić information content (AvgIpc) is 3.19. The first-order chi connectivity index (χ1) is 27.4. The molecule has 8 bridgehead atoms. The number of aryl methyl sites for hydroxylation is 2. The molecule has 13 rings (SSSR count). The van der Waals surface area contributed by atoms with Crippen molar-refractivity contribution in [3.8, 4) is 22.3 Å². The lowest BCUT2D eigenvalue weighted by Gasteiger charge is -2.67. The van der Waals surface area contributed by atoms with E-state index in [1.807, 2.05) is 0 Å². The van der Waals surface area contributed by atoms with Crippen LogP contribution in [0.1, 0.15) is 99.3 Å². The molecule has 0 aliphatic heterocycles. The van der Waals surface area contributed by atoms with Crippen LogP contribution in [0.15, 0.2) is 121 Å². The molecule has 286 valence electrons. The third kappa shape index (κ3) is 6.40. The molecule has 0 amide bonds. The highest BCUT2D eigenvalue weighted by molar-refractivity contribution is 7.72. The minimum Gasteiger partial charge on any atom is -0.0894 e. The van der Waals surface area contributed by atoms with Crippen molar-refractivity contribution in [1.29, 1.82) is 0 Å². The van der Waals surface area contributed by atoms with E-state index in [4.69, 9.17) is 0 Å². The summed E-state index contributed by atoms with van der Waals surface area (Å²) in [5.41, 5.74) is 11.8. The zero-order chi connectivity index (χ0) is 37.4. The van der Waals surface area contributed by atoms with Crippen molar-refractivity contribution in [2.24, 2.45) is 35.5 Å². The summed E-state index contributed by atoms with van der Waals surface area (Å²) < 4.78 is 0. The van der Waals surface area contributed by atoms with Gasteiger partial charge in [-0.1, -0.05) is 117 Å². The van der Waals surface area contributed by atoms with E-state index in [0.717, 1.165) is 41.7 Å². The van der Waals surface area contributed by atoms with Gasteiger partial charge in [0.25, 0.3) is 0 Å². The molecule has 0 N–H and O–H groups in total. The van der Waals surface area contributed by atoms with Crippen molar-refractivity contribution in [2.45, 2.75) is 114 Å². The predicted octanol–water partition coefficient (Wildman–Crippen LogP) is 14.2. The lowest BCUT2D eigenvalue weighted by atomic mass is 9.55. The minimum absolute atomic E-state index is 0.185. The first-order valence-corrected chi connectivity index (χ1v) is 25.4. The standard InChI is InChI=1S/C54H60P2/c1-37-13-9-11-19-51(37)55(52-20-12-10-14-38(52)2)35-47-27-49(45-15-5-3-6-16-45)50(46-17-7-4-8-18-46)28-48(47)36-56(53-29-39-21-40(30-53)23-41(22-39)31-53)54-32-42-24-43(33-54)26-44(25-42)34-54/h3-20,27-28,39-44H,21-26,29-36H2,1-2H3. The SMILES string of the molecule is Cc1ccccc1P(Cc1cc(-c2ccccc2)c(-c2ccccc2)cc1CP(C12CC3CC(CC(C3)C1)C2)C12CC3CC(CC(C3)C1)C2)c1ccccc1C. The van der Waals surface area contributed by atoms with Gasteiger partial charge >= 0.3 is 0 Å². The lowest BCUT2D eigenvalue weighted by molar-refractivity contribution is 0.0184. The molecule has 5 aromatic rings. The summed E-state index contributed by atoms with van der Waals surface area (Å²) in [6.07, 6.45) is 21.2. The van der Waals surface area contributed by atoms with E-state index in [1.165, 1.54) is 39.5 Å². The summed E-state index contributed by atoms with van der Waals surface area (Å²) in [5.74, 6) is 6.06. The zero-order valence-electron chi connectivity index (χ0n) is 33.8. The molecule has 0 heterocycles. The van der Waals surface area contributed by atoms with Crippen molar-refractivity contribution in [1.82, 2.24) is 0 Å². The summed E-state index contributed by atoms with van der Waals surface area (Å²) in [6.45, 7) is 4.72. The second-order valence-corrected chi connectivity index (χ2v) is 25.1. The highest BCUT2D eigenvalue weighted by Gasteiger charge is 2.62. The summed E-state index contributed by atoms with van der Waals surface area (Å²) in [4.78, 5) is 0. The molecule has 0 saturated heterocycles. The Hall–Kier alpha value is -3.04. The van der Waals surface area contributed by atoms with Crippen molar-refractivity contribution in [3.63, 3.8) is 0 Å². The van der Waals surface area contributed by atoms with Gasteiger partial charge in [0, 0.05) is 6.16 Å². The summed E-state index contributed by atoms with van der Waals surface area (Å²) in [7, 11) is -0.787. The molecular weight excluding hydrogens is 711 g/mol. The first-order valence-electron chi connectivity index (χ1n) is 22.3. The highest BCUT2D eigenvalue weighted by Crippen LogP contribution is 2.80. The molecule has 56 heavy (non-hydrogen) atoms. The van der Waals surface area contributed by atoms with E-state index in [1.54, 1.807) is 98.8 Å². The Balaban J connectivity index is 1.12. The number of hydrogen-bond acceptors (Lipinski definition) is 0. The van der Waals surface area contributed by atoms with E-state index in [9.17, 15) is 0 Å². The third-order valence-corrected chi connectivity index (χ3v) is 23.0. The Labute approximate surface area is 339 Å². The molecule has 2 heteroatoms. The van der Waals surface area contributed by atoms with Gasteiger partial charge in [0.1, 0.15) is 0 Å². The normalized spacial score (nSPS) is 31.6. The molecule has 0 atom stereocenters. The van der Waals surface area contributed by atoms with Crippen molar-refractivity contribution < 1.29 is 0 Å². The maximum Gasteiger partial charge on any atom is 0.00107 e. The number of hydrogen-bond donors (Lipinski definition) is 0. The van der Waals surface area contributed by atoms with Crippen LogP contribution in [-0.4, -0.2) is 10.3 Å². The lowest BCUT2D eigenvalue weighted by Crippen LogP contribution is -2.56. The topological polar surface area (TPSA) is 0 Å². The monoisotopic (exact) mass is 770 g/mol. The summed E-state index contributed by atoms with van der Waals surface area (Å²) in [6, 6.07) is 47.0. The Morgan fingerprint density at radius 2 is 0.768 bits per heavy atom. The van der Waals surface area contributed by atoms with Gasteiger partial charge in [0.15, 0.2) is 0 Å². The van der Waals surface area contributed by atoms with Crippen LogP contribution in [0.3, 0.4) is 0 Å². The molecule has 0 radical (unpaired) electrons. The van der Waals surface area contributed by atoms with Gasteiger partial charge in [0.2, 0.25) is 0 Å². The van der Waals surface area contributed by atoms with Gasteiger partial charge in [-0.2, -0.15) is 0 Å². The van der Waals surface area contributed by atoms with E-state index in [0.29, 0.717) is 10.3 Å². The van der Waals surface area contributed by atoms with Gasteiger partial charge in [-0.25, -0.2) is 0 Å². The van der Waals surface area contributed by atoms with Crippen LogP contribution < -0.4 is 10.6 Å². The quantitative estimate of drug-likeness (QED) is 0.124. The summed E-state index contributed by atoms with van der Waals surface area (Å²) >= 11 is 0. The third-order valence-electron chi connectivity index (χ3n) is 16.1. The number of rotatable bonds is 10. The molecule has 0 unspecified atom stereocenters. The van der Waals surface area contributed by atoms with Crippen molar-refractivity contribution in [2.75, 3.05) is 0 Å². The smallest absolute Gasteiger partial charge is 0.00107 e. The fraction of sp³-hybridized carbons (Fsp3) is 0.444. The van der Waals surface area contributed by atoms with Crippen LogP contribution in [-0.2, 0) is 12.3 Å². The molecule has 8 fully saturated rings. The van der Waals surface area contributed by atoms with E-state index in [2.05, 4.69) is 135 Å². The van der Waals surface area contributed by atoms with Gasteiger partial charge in [-0.3, -0.25) is 0 Å². The van der Waals surface area contributed by atoms with E-state index >= 15 is 0 Å². The van der Waals surface area contributed by atoms with Gasteiger partial charge < -0.3 is 0 Å². The van der Waals surface area contributed by atoms with Crippen LogP contribution >= 0.6 is 15.8 Å².